The summed E-state index contributed by atoms with van der Waals surface area (Å²) >= 11 is 0. The highest BCUT2D eigenvalue weighted by molar-refractivity contribution is 5.86. The molecule has 0 bridgehead atoms. The van der Waals surface area contributed by atoms with Gasteiger partial charge < -0.3 is 24.6 Å². The molecule has 22 heavy (non-hydrogen) atoms. The second-order valence-corrected chi connectivity index (χ2v) is 4.62. The molecule has 7 heteroatoms. The van der Waals surface area contributed by atoms with Crippen molar-refractivity contribution in [3.8, 4) is 11.5 Å². The molecule has 2 atom stereocenters. The Kier molecular flexibility index (Phi) is 7.18. The molecule has 1 amide bonds. The Balaban J connectivity index is 2.57. The van der Waals surface area contributed by atoms with E-state index in [0.29, 0.717) is 11.5 Å². The number of nitrogens with one attached hydrogen (secondary N) is 1. The van der Waals surface area contributed by atoms with Gasteiger partial charge in [-0.2, -0.15) is 0 Å². The zero-order chi connectivity index (χ0) is 16.5. The third-order valence-corrected chi connectivity index (χ3v) is 2.97. The summed E-state index contributed by atoms with van der Waals surface area (Å²) < 4.78 is 15.3. The molecule has 0 aliphatic rings. The topological polar surface area (TPSA) is 94.1 Å². The maximum Gasteiger partial charge on any atom is 0.326 e. The van der Waals surface area contributed by atoms with Gasteiger partial charge in [0.1, 0.15) is 17.5 Å². The van der Waals surface area contributed by atoms with Crippen molar-refractivity contribution in [2.24, 2.45) is 0 Å². The van der Waals surface area contributed by atoms with Crippen LogP contribution in [0.15, 0.2) is 24.3 Å². The van der Waals surface area contributed by atoms with Crippen LogP contribution in [0, 0.1) is 0 Å². The maximum atomic E-state index is 12.0. The molecule has 0 fully saturated rings. The molecule has 1 aromatic rings. The van der Waals surface area contributed by atoms with E-state index in [0.717, 1.165) is 0 Å². The van der Waals surface area contributed by atoms with Crippen LogP contribution in [0.3, 0.4) is 0 Å². The Bertz CT molecular complexity index is 487. The minimum atomic E-state index is -1.11. The molecule has 0 saturated heterocycles. The lowest BCUT2D eigenvalue weighted by Gasteiger charge is -2.18. The van der Waals surface area contributed by atoms with E-state index in [-0.39, 0.29) is 13.0 Å². The van der Waals surface area contributed by atoms with Crippen LogP contribution in [0.25, 0.3) is 0 Å². The average molecular weight is 311 g/mol. The molecule has 0 aliphatic carbocycles. The lowest BCUT2D eigenvalue weighted by Crippen LogP contribution is -2.46. The first-order valence-corrected chi connectivity index (χ1v) is 6.80. The summed E-state index contributed by atoms with van der Waals surface area (Å²) in [4.78, 5) is 23.1. The molecular formula is C15H21NO6. The molecule has 1 aromatic carbocycles. The summed E-state index contributed by atoms with van der Waals surface area (Å²) in [5.41, 5.74) is 0. The van der Waals surface area contributed by atoms with Crippen molar-refractivity contribution in [2.45, 2.75) is 25.5 Å². The normalized spacial score (nSPS) is 13.0. The van der Waals surface area contributed by atoms with Gasteiger partial charge in [-0.1, -0.05) is 0 Å². The number of hydrogen-bond donors (Lipinski definition) is 2. The Labute approximate surface area is 129 Å². The molecular weight excluding hydrogens is 290 g/mol. The smallest absolute Gasteiger partial charge is 0.326 e. The lowest BCUT2D eigenvalue weighted by atomic mass is 10.2. The Morgan fingerprint density at radius 1 is 1.18 bits per heavy atom. The average Bonchev–Trinajstić information content (AvgIpc) is 2.51. The number of carbonyl (C=O) groups is 2. The van der Waals surface area contributed by atoms with E-state index in [1.54, 1.807) is 38.3 Å². The zero-order valence-electron chi connectivity index (χ0n) is 12.9. The first kappa shape index (κ1) is 17.8. The highest BCUT2D eigenvalue weighted by Gasteiger charge is 2.23. The minimum absolute atomic E-state index is 0.187. The Morgan fingerprint density at radius 3 is 2.27 bits per heavy atom. The number of hydrogen-bond acceptors (Lipinski definition) is 5. The van der Waals surface area contributed by atoms with Crippen molar-refractivity contribution in [1.29, 1.82) is 0 Å². The van der Waals surface area contributed by atoms with Crippen LogP contribution >= 0.6 is 0 Å². The van der Waals surface area contributed by atoms with Crippen LogP contribution in [0.2, 0.25) is 0 Å². The molecule has 0 aliphatic heterocycles. The number of benzene rings is 1. The first-order valence-electron chi connectivity index (χ1n) is 6.80. The van der Waals surface area contributed by atoms with Crippen LogP contribution in [-0.4, -0.2) is 50.0 Å². The van der Waals surface area contributed by atoms with E-state index in [9.17, 15) is 9.59 Å². The van der Waals surface area contributed by atoms with Crippen molar-refractivity contribution >= 4 is 11.9 Å². The van der Waals surface area contributed by atoms with E-state index in [1.807, 2.05) is 0 Å². The number of aliphatic carboxylic acids is 1. The highest BCUT2D eigenvalue weighted by Crippen LogP contribution is 2.18. The van der Waals surface area contributed by atoms with Gasteiger partial charge in [-0.05, 0) is 31.2 Å². The minimum Gasteiger partial charge on any atom is -0.497 e. The zero-order valence-corrected chi connectivity index (χ0v) is 12.9. The number of carbonyl (C=O) groups excluding carboxylic acids is 1. The van der Waals surface area contributed by atoms with Gasteiger partial charge in [-0.3, -0.25) is 4.79 Å². The number of amides is 1. The fourth-order valence-electron chi connectivity index (χ4n) is 1.69. The number of rotatable bonds is 9. The lowest BCUT2D eigenvalue weighted by molar-refractivity contribution is -0.143. The molecule has 122 valence electrons. The van der Waals surface area contributed by atoms with Gasteiger partial charge in [-0.25, -0.2) is 4.79 Å². The quantitative estimate of drug-likeness (QED) is 0.708. The van der Waals surface area contributed by atoms with E-state index in [2.05, 4.69) is 5.32 Å². The molecule has 1 rings (SSSR count). The van der Waals surface area contributed by atoms with Gasteiger partial charge in [0, 0.05) is 20.1 Å². The predicted octanol–water partition coefficient (Wildman–Crippen LogP) is 1.07. The SMILES string of the molecule is COCCC(NC(=O)C(C)Oc1ccc(OC)cc1)C(=O)O. The van der Waals surface area contributed by atoms with Crippen molar-refractivity contribution in [3.05, 3.63) is 24.3 Å². The second-order valence-electron chi connectivity index (χ2n) is 4.62. The largest absolute Gasteiger partial charge is 0.497 e. The van der Waals surface area contributed by atoms with Gasteiger partial charge >= 0.3 is 5.97 Å². The Hall–Kier alpha value is -2.28. The van der Waals surface area contributed by atoms with E-state index in [4.69, 9.17) is 19.3 Å². The van der Waals surface area contributed by atoms with Crippen LogP contribution in [0.4, 0.5) is 0 Å². The number of carboxylic acid groups (broad SMARTS) is 1. The number of carboxylic acids is 1. The van der Waals surface area contributed by atoms with Gasteiger partial charge in [0.2, 0.25) is 0 Å². The summed E-state index contributed by atoms with van der Waals surface area (Å²) in [5.74, 6) is -0.441. The van der Waals surface area contributed by atoms with E-state index in [1.165, 1.54) is 7.11 Å². The van der Waals surface area contributed by atoms with Crippen LogP contribution in [0.1, 0.15) is 13.3 Å². The highest BCUT2D eigenvalue weighted by atomic mass is 16.5. The van der Waals surface area contributed by atoms with Gasteiger partial charge in [0.25, 0.3) is 5.91 Å². The standard InChI is InChI=1S/C15H21NO6/c1-10(22-12-6-4-11(21-3)5-7-12)14(17)16-13(15(18)19)8-9-20-2/h4-7,10,13H,8-9H2,1-3H3,(H,16,17)(H,18,19). The summed E-state index contributed by atoms with van der Waals surface area (Å²) in [6.45, 7) is 1.79. The molecule has 7 nitrogen and oxygen atoms in total. The molecule has 0 aromatic heterocycles. The molecule has 0 spiro atoms. The predicted molar refractivity (Wildman–Crippen MR) is 79.1 cm³/mol. The second kappa shape index (κ2) is 8.89. The monoisotopic (exact) mass is 311 g/mol. The maximum absolute atomic E-state index is 12.0. The van der Waals surface area contributed by atoms with Crippen molar-refractivity contribution in [2.75, 3.05) is 20.8 Å². The summed E-state index contributed by atoms with van der Waals surface area (Å²) in [6, 6.07) is 5.75. The summed E-state index contributed by atoms with van der Waals surface area (Å²) in [7, 11) is 3.02. The van der Waals surface area contributed by atoms with Gasteiger partial charge in [-0.15, -0.1) is 0 Å². The van der Waals surface area contributed by atoms with Crippen LogP contribution < -0.4 is 14.8 Å². The summed E-state index contributed by atoms with van der Waals surface area (Å²) in [6.07, 6.45) is -0.634. The van der Waals surface area contributed by atoms with Crippen LogP contribution in [-0.2, 0) is 14.3 Å². The molecule has 0 saturated carbocycles. The number of methoxy groups -OCH3 is 2. The molecule has 0 heterocycles. The van der Waals surface area contributed by atoms with E-state index < -0.39 is 24.0 Å². The van der Waals surface area contributed by atoms with Gasteiger partial charge in [0.15, 0.2) is 6.10 Å². The Morgan fingerprint density at radius 2 is 1.77 bits per heavy atom. The van der Waals surface area contributed by atoms with Crippen molar-refractivity contribution in [3.63, 3.8) is 0 Å². The molecule has 2 N–H and O–H groups in total. The third kappa shape index (κ3) is 5.61. The van der Waals surface area contributed by atoms with Crippen LogP contribution in [0.5, 0.6) is 11.5 Å². The fraction of sp³-hybridized carbons (Fsp3) is 0.467. The third-order valence-electron chi connectivity index (χ3n) is 2.97. The van der Waals surface area contributed by atoms with Gasteiger partial charge in [0.05, 0.1) is 7.11 Å². The van der Waals surface area contributed by atoms with Crippen molar-refractivity contribution < 1.29 is 28.9 Å². The fourth-order valence-corrected chi connectivity index (χ4v) is 1.69. The van der Waals surface area contributed by atoms with E-state index >= 15 is 0 Å². The molecule has 2 unspecified atom stereocenters. The first-order chi connectivity index (χ1) is 10.5. The molecule has 0 radical (unpaired) electrons. The number of ether oxygens (including phenoxy) is 3. The van der Waals surface area contributed by atoms with Crippen molar-refractivity contribution in [1.82, 2.24) is 5.32 Å². The summed E-state index contributed by atoms with van der Waals surface area (Å²) in [5, 5.41) is 11.5.